The van der Waals surface area contributed by atoms with Crippen molar-refractivity contribution in [2.75, 3.05) is 19.5 Å². The van der Waals surface area contributed by atoms with Crippen molar-refractivity contribution in [3.05, 3.63) is 64.4 Å². The van der Waals surface area contributed by atoms with E-state index in [1.807, 2.05) is 6.07 Å². The molecular weight excluding hydrogens is 308 g/mol. The number of para-hydroxylation sites is 1. The van der Waals surface area contributed by atoms with E-state index in [1.165, 1.54) is 13.2 Å². The van der Waals surface area contributed by atoms with Crippen LogP contribution >= 0.6 is 0 Å². The molecule has 0 bridgehead atoms. The lowest BCUT2D eigenvalue weighted by molar-refractivity contribution is 0.102. The number of fused-ring (bicyclic) bond motifs is 1. The Labute approximate surface area is 138 Å². The molecule has 2 N–H and O–H groups in total. The van der Waals surface area contributed by atoms with Crippen LogP contribution in [0.4, 0.5) is 5.69 Å². The number of amides is 1. The summed E-state index contributed by atoms with van der Waals surface area (Å²) in [4.78, 5) is 27.1. The number of ether oxygens (including phenoxy) is 2. The average molecular weight is 324 g/mol. The number of pyridine rings is 1. The van der Waals surface area contributed by atoms with Crippen LogP contribution in [-0.2, 0) is 0 Å². The van der Waals surface area contributed by atoms with E-state index in [0.717, 1.165) is 0 Å². The first-order chi connectivity index (χ1) is 11.6. The van der Waals surface area contributed by atoms with Crippen LogP contribution in [0.1, 0.15) is 10.4 Å². The third-order valence-corrected chi connectivity index (χ3v) is 3.64. The molecule has 0 aliphatic carbocycles. The van der Waals surface area contributed by atoms with Gasteiger partial charge in [0.2, 0.25) is 5.56 Å². The monoisotopic (exact) mass is 324 g/mol. The number of anilines is 1. The largest absolute Gasteiger partial charge is 0.493 e. The molecular formula is C18H16N2O4. The lowest BCUT2D eigenvalue weighted by Gasteiger charge is -2.11. The average Bonchev–Trinajstić information content (AvgIpc) is 2.60. The number of hydrogen-bond donors (Lipinski definition) is 2. The van der Waals surface area contributed by atoms with Gasteiger partial charge in [-0.05, 0) is 18.2 Å². The molecule has 6 nitrogen and oxygen atoms in total. The lowest BCUT2D eigenvalue weighted by atomic mass is 10.1. The van der Waals surface area contributed by atoms with Gasteiger partial charge in [-0.25, -0.2) is 0 Å². The number of rotatable bonds is 4. The maximum absolute atomic E-state index is 12.6. The first-order valence-electron chi connectivity index (χ1n) is 7.28. The summed E-state index contributed by atoms with van der Waals surface area (Å²) in [5.41, 5.74) is 1.14. The second kappa shape index (κ2) is 6.45. The van der Waals surface area contributed by atoms with Crippen molar-refractivity contribution in [1.29, 1.82) is 0 Å². The smallest absolute Gasteiger partial charge is 0.256 e. The van der Waals surface area contributed by atoms with Gasteiger partial charge in [-0.15, -0.1) is 0 Å². The Hall–Kier alpha value is -3.28. The summed E-state index contributed by atoms with van der Waals surface area (Å²) in [5, 5.41) is 3.45. The minimum atomic E-state index is -0.371. The van der Waals surface area contributed by atoms with Crippen molar-refractivity contribution in [2.45, 2.75) is 0 Å². The van der Waals surface area contributed by atoms with Crippen LogP contribution in [0.5, 0.6) is 11.5 Å². The summed E-state index contributed by atoms with van der Waals surface area (Å²) in [6.45, 7) is 0. The summed E-state index contributed by atoms with van der Waals surface area (Å²) >= 11 is 0. The van der Waals surface area contributed by atoms with E-state index in [9.17, 15) is 9.59 Å². The minimum Gasteiger partial charge on any atom is -0.493 e. The molecule has 6 heteroatoms. The number of benzene rings is 2. The fourth-order valence-electron chi connectivity index (χ4n) is 2.50. The number of carbonyl (C=O) groups excluding carboxylic acids is 1. The first-order valence-corrected chi connectivity index (χ1v) is 7.28. The van der Waals surface area contributed by atoms with Gasteiger partial charge in [-0.2, -0.15) is 0 Å². The normalized spacial score (nSPS) is 10.4. The summed E-state index contributed by atoms with van der Waals surface area (Å²) < 4.78 is 10.4. The summed E-state index contributed by atoms with van der Waals surface area (Å²) in [6.07, 6.45) is 0. The van der Waals surface area contributed by atoms with Crippen molar-refractivity contribution in [3.8, 4) is 11.5 Å². The zero-order chi connectivity index (χ0) is 17.1. The fraction of sp³-hybridized carbons (Fsp3) is 0.111. The number of hydrogen-bond acceptors (Lipinski definition) is 4. The van der Waals surface area contributed by atoms with Gasteiger partial charge in [0.15, 0.2) is 11.5 Å². The van der Waals surface area contributed by atoms with Crippen LogP contribution in [0, 0.1) is 0 Å². The summed E-state index contributed by atoms with van der Waals surface area (Å²) in [5.74, 6) is 0.702. The number of aromatic amines is 1. The van der Waals surface area contributed by atoms with E-state index >= 15 is 0 Å². The van der Waals surface area contributed by atoms with Crippen molar-refractivity contribution in [2.24, 2.45) is 0 Å². The Morgan fingerprint density at radius 3 is 2.50 bits per heavy atom. The molecule has 3 rings (SSSR count). The van der Waals surface area contributed by atoms with Crippen LogP contribution in [0.2, 0.25) is 0 Å². The van der Waals surface area contributed by atoms with Crippen molar-refractivity contribution in [1.82, 2.24) is 4.98 Å². The Bertz CT molecular complexity index is 963. The number of H-pyrrole nitrogens is 1. The van der Waals surface area contributed by atoms with Gasteiger partial charge >= 0.3 is 0 Å². The quantitative estimate of drug-likeness (QED) is 0.773. The zero-order valence-corrected chi connectivity index (χ0v) is 13.3. The van der Waals surface area contributed by atoms with E-state index in [0.29, 0.717) is 33.7 Å². The molecule has 1 heterocycles. The molecule has 1 aromatic heterocycles. The fourth-order valence-corrected chi connectivity index (χ4v) is 2.50. The topological polar surface area (TPSA) is 80.4 Å². The Morgan fingerprint density at radius 1 is 1.00 bits per heavy atom. The zero-order valence-electron chi connectivity index (χ0n) is 13.3. The predicted molar refractivity (Wildman–Crippen MR) is 92.1 cm³/mol. The molecule has 0 atom stereocenters. The molecule has 0 fully saturated rings. The summed E-state index contributed by atoms with van der Waals surface area (Å²) in [7, 11) is 3.06. The van der Waals surface area contributed by atoms with Gasteiger partial charge in [0.1, 0.15) is 0 Å². The summed E-state index contributed by atoms with van der Waals surface area (Å²) in [6, 6.07) is 13.5. The van der Waals surface area contributed by atoms with Gasteiger partial charge in [0.05, 0.1) is 19.8 Å². The van der Waals surface area contributed by atoms with E-state index in [4.69, 9.17) is 9.47 Å². The molecule has 0 radical (unpaired) electrons. The van der Waals surface area contributed by atoms with Crippen molar-refractivity contribution < 1.29 is 14.3 Å². The van der Waals surface area contributed by atoms with Gasteiger partial charge < -0.3 is 19.8 Å². The molecule has 3 aromatic rings. The molecule has 122 valence electrons. The number of nitrogens with one attached hydrogen (secondary N) is 2. The van der Waals surface area contributed by atoms with Gasteiger partial charge in [-0.3, -0.25) is 9.59 Å². The highest BCUT2D eigenvalue weighted by Gasteiger charge is 2.13. The highest BCUT2D eigenvalue weighted by atomic mass is 16.5. The Morgan fingerprint density at radius 2 is 1.75 bits per heavy atom. The SMILES string of the molecule is COc1ccc(NC(=O)c2cc(=O)[nH]c3ccccc23)cc1OC. The van der Waals surface area contributed by atoms with E-state index < -0.39 is 0 Å². The van der Waals surface area contributed by atoms with E-state index in [2.05, 4.69) is 10.3 Å². The predicted octanol–water partition coefficient (Wildman–Crippen LogP) is 2.80. The number of methoxy groups -OCH3 is 2. The third-order valence-electron chi connectivity index (χ3n) is 3.64. The van der Waals surface area contributed by atoms with Gasteiger partial charge in [0.25, 0.3) is 5.91 Å². The molecule has 0 unspecified atom stereocenters. The second-order valence-electron chi connectivity index (χ2n) is 5.12. The van der Waals surface area contributed by atoms with Crippen LogP contribution < -0.4 is 20.3 Å². The standard InChI is InChI=1S/C18H16N2O4/c1-23-15-8-7-11(9-16(15)24-2)19-18(22)13-10-17(21)20-14-6-4-3-5-12(13)14/h3-10H,1-2H3,(H,19,22)(H,20,21). The Balaban J connectivity index is 1.98. The first kappa shape index (κ1) is 15.6. The van der Waals surface area contributed by atoms with Crippen LogP contribution in [0.25, 0.3) is 10.9 Å². The van der Waals surface area contributed by atoms with Gasteiger partial charge in [0, 0.05) is 28.7 Å². The molecule has 24 heavy (non-hydrogen) atoms. The van der Waals surface area contributed by atoms with Crippen molar-refractivity contribution in [3.63, 3.8) is 0 Å². The van der Waals surface area contributed by atoms with Gasteiger partial charge in [-0.1, -0.05) is 18.2 Å². The number of aromatic nitrogens is 1. The molecule has 0 aliphatic rings. The molecule has 0 saturated carbocycles. The maximum atomic E-state index is 12.6. The van der Waals surface area contributed by atoms with E-state index in [1.54, 1.807) is 43.5 Å². The lowest BCUT2D eigenvalue weighted by Crippen LogP contribution is -2.16. The number of carbonyl (C=O) groups is 1. The van der Waals surface area contributed by atoms with Crippen LogP contribution in [0.3, 0.4) is 0 Å². The van der Waals surface area contributed by atoms with Crippen LogP contribution in [-0.4, -0.2) is 25.1 Å². The molecule has 0 saturated heterocycles. The Kier molecular flexibility index (Phi) is 4.20. The second-order valence-corrected chi connectivity index (χ2v) is 5.12. The molecule has 2 aromatic carbocycles. The maximum Gasteiger partial charge on any atom is 0.256 e. The van der Waals surface area contributed by atoms with Crippen molar-refractivity contribution >= 4 is 22.5 Å². The minimum absolute atomic E-state index is 0.309. The third kappa shape index (κ3) is 2.94. The molecule has 0 aliphatic heterocycles. The van der Waals surface area contributed by atoms with E-state index in [-0.39, 0.29) is 11.5 Å². The van der Waals surface area contributed by atoms with Crippen LogP contribution in [0.15, 0.2) is 53.3 Å². The highest BCUT2D eigenvalue weighted by molar-refractivity contribution is 6.12. The highest BCUT2D eigenvalue weighted by Crippen LogP contribution is 2.30. The molecule has 1 amide bonds. The molecule has 0 spiro atoms.